The lowest BCUT2D eigenvalue weighted by Crippen LogP contribution is -2.19. The average Bonchev–Trinajstić information content (AvgIpc) is 2.78. The van der Waals surface area contributed by atoms with Gasteiger partial charge < -0.3 is 14.2 Å². The molecule has 0 aliphatic rings. The molecule has 32 heavy (non-hydrogen) atoms. The Labute approximate surface area is 181 Å². The number of carbonyl (C=O) groups excluding carboxylic acids is 1. The predicted octanol–water partition coefficient (Wildman–Crippen LogP) is 4.43. The molecule has 1 N–H and O–H groups in total. The predicted molar refractivity (Wildman–Crippen MR) is 111 cm³/mol. The largest absolute Gasteiger partial charge is 0.573 e. The van der Waals surface area contributed by atoms with E-state index in [0.717, 1.165) is 0 Å². The van der Waals surface area contributed by atoms with Crippen LogP contribution in [0.3, 0.4) is 0 Å². The minimum atomic E-state index is -4.76. The number of hydrogen-bond donors (Lipinski definition) is 1. The summed E-state index contributed by atoms with van der Waals surface area (Å²) in [4.78, 5) is 16.4. The van der Waals surface area contributed by atoms with E-state index in [0.29, 0.717) is 28.2 Å². The van der Waals surface area contributed by atoms with Crippen LogP contribution in [0.5, 0.6) is 17.2 Å². The summed E-state index contributed by atoms with van der Waals surface area (Å²) >= 11 is 0. The van der Waals surface area contributed by atoms with Crippen molar-refractivity contribution in [3.63, 3.8) is 0 Å². The topological polar surface area (TPSA) is 82.0 Å². The monoisotopic (exact) mass is 445 g/mol. The number of pyridine rings is 1. The first-order valence-corrected chi connectivity index (χ1v) is 9.16. The fourth-order valence-electron chi connectivity index (χ4n) is 2.71. The molecule has 0 saturated heterocycles. The van der Waals surface area contributed by atoms with Crippen LogP contribution in [0.1, 0.15) is 16.1 Å². The van der Waals surface area contributed by atoms with Crippen LogP contribution in [0.2, 0.25) is 0 Å². The van der Waals surface area contributed by atoms with E-state index in [1.807, 2.05) is 0 Å². The van der Waals surface area contributed by atoms with Crippen molar-refractivity contribution in [1.82, 2.24) is 10.4 Å². The Balaban J connectivity index is 1.70. The number of hydrazone groups is 1. The maximum absolute atomic E-state index is 12.4. The van der Waals surface area contributed by atoms with Gasteiger partial charge in [-0.1, -0.05) is 12.1 Å². The highest BCUT2D eigenvalue weighted by Crippen LogP contribution is 2.26. The zero-order chi connectivity index (χ0) is 23.1. The summed E-state index contributed by atoms with van der Waals surface area (Å²) in [7, 11) is 3.04. The molecule has 1 aromatic heterocycles. The van der Waals surface area contributed by atoms with E-state index in [4.69, 9.17) is 9.47 Å². The number of benzene rings is 2. The molecule has 10 heteroatoms. The number of aromatic nitrogens is 1. The number of methoxy groups -OCH3 is 2. The number of amides is 1. The van der Waals surface area contributed by atoms with Crippen LogP contribution >= 0.6 is 0 Å². The van der Waals surface area contributed by atoms with Gasteiger partial charge in [-0.05, 0) is 47.5 Å². The van der Waals surface area contributed by atoms with Gasteiger partial charge in [0.2, 0.25) is 0 Å². The molecule has 0 aliphatic carbocycles. The van der Waals surface area contributed by atoms with Crippen LogP contribution in [-0.4, -0.2) is 37.7 Å². The Morgan fingerprint density at radius 1 is 0.938 bits per heavy atom. The van der Waals surface area contributed by atoms with Gasteiger partial charge in [0.05, 0.1) is 20.4 Å². The van der Waals surface area contributed by atoms with Crippen molar-refractivity contribution in [2.45, 2.75) is 6.36 Å². The van der Waals surface area contributed by atoms with Crippen LogP contribution in [0.4, 0.5) is 13.2 Å². The lowest BCUT2D eigenvalue weighted by atomic mass is 10.1. The lowest BCUT2D eigenvalue weighted by Gasteiger charge is -2.09. The van der Waals surface area contributed by atoms with Gasteiger partial charge >= 0.3 is 6.36 Å². The number of carbonyl (C=O) groups is 1. The first kappa shape index (κ1) is 22.6. The Bertz CT molecular complexity index is 1090. The molecule has 0 aliphatic heterocycles. The number of rotatable bonds is 7. The van der Waals surface area contributed by atoms with Crippen molar-refractivity contribution in [1.29, 1.82) is 0 Å². The maximum Gasteiger partial charge on any atom is 0.573 e. The summed E-state index contributed by atoms with van der Waals surface area (Å²) in [5, 5.41) is 3.92. The van der Waals surface area contributed by atoms with Crippen LogP contribution in [0.25, 0.3) is 11.1 Å². The minimum Gasteiger partial charge on any atom is -0.497 e. The summed E-state index contributed by atoms with van der Waals surface area (Å²) in [6.45, 7) is 0. The maximum atomic E-state index is 12.4. The average molecular weight is 445 g/mol. The first-order valence-electron chi connectivity index (χ1n) is 9.16. The summed E-state index contributed by atoms with van der Waals surface area (Å²) in [6.07, 6.45) is -1.92. The van der Waals surface area contributed by atoms with Crippen molar-refractivity contribution in [2.75, 3.05) is 14.2 Å². The van der Waals surface area contributed by atoms with E-state index in [9.17, 15) is 18.0 Å². The molecule has 3 rings (SSSR count). The van der Waals surface area contributed by atoms with Crippen molar-refractivity contribution >= 4 is 12.1 Å². The molecule has 3 aromatic rings. The normalized spacial score (nSPS) is 11.3. The Morgan fingerprint density at radius 2 is 1.59 bits per heavy atom. The van der Waals surface area contributed by atoms with Crippen LogP contribution < -0.4 is 19.6 Å². The zero-order valence-electron chi connectivity index (χ0n) is 17.0. The third kappa shape index (κ3) is 6.21. The SMILES string of the molecule is COc1cc(C=NNC(=O)c2cc(-c3ccc(OC(F)(F)F)cc3)ccn2)cc(OC)c1. The van der Waals surface area contributed by atoms with Gasteiger partial charge in [-0.25, -0.2) is 5.43 Å². The van der Waals surface area contributed by atoms with Crippen molar-refractivity contribution in [3.8, 4) is 28.4 Å². The quantitative estimate of drug-likeness (QED) is 0.430. The standard InChI is InChI=1S/C22H18F3N3O4/c1-30-18-9-14(10-19(12-18)31-2)13-27-28-21(29)20-11-16(7-8-26-20)15-3-5-17(6-4-15)32-22(23,24)25/h3-13H,1-2H3,(H,28,29). The lowest BCUT2D eigenvalue weighted by molar-refractivity contribution is -0.274. The summed E-state index contributed by atoms with van der Waals surface area (Å²) in [6, 6.07) is 13.5. The molecule has 0 bridgehead atoms. The first-order chi connectivity index (χ1) is 15.3. The number of nitrogens with zero attached hydrogens (tertiary/aromatic N) is 2. The summed E-state index contributed by atoms with van der Waals surface area (Å²) < 4.78 is 51.1. The molecule has 2 aromatic carbocycles. The number of alkyl halides is 3. The summed E-state index contributed by atoms with van der Waals surface area (Å²) in [5.74, 6) is 0.239. The Hall–Kier alpha value is -4.08. The van der Waals surface area contributed by atoms with Crippen LogP contribution in [0.15, 0.2) is 65.9 Å². The van der Waals surface area contributed by atoms with Crippen LogP contribution in [-0.2, 0) is 0 Å². The highest BCUT2D eigenvalue weighted by Gasteiger charge is 2.30. The molecule has 0 radical (unpaired) electrons. The highest BCUT2D eigenvalue weighted by molar-refractivity contribution is 5.94. The molecule has 0 fully saturated rings. The third-order valence-electron chi connectivity index (χ3n) is 4.17. The van der Waals surface area contributed by atoms with Gasteiger partial charge in [0.1, 0.15) is 22.9 Å². The number of ether oxygens (including phenoxy) is 3. The van der Waals surface area contributed by atoms with Gasteiger partial charge in [0.15, 0.2) is 0 Å². The molecule has 0 atom stereocenters. The van der Waals surface area contributed by atoms with E-state index in [2.05, 4.69) is 20.2 Å². The molecule has 0 saturated carbocycles. The molecule has 166 valence electrons. The fourth-order valence-corrected chi connectivity index (χ4v) is 2.71. The Morgan fingerprint density at radius 3 is 2.19 bits per heavy atom. The third-order valence-corrected chi connectivity index (χ3v) is 4.17. The van der Waals surface area contributed by atoms with Crippen molar-refractivity contribution in [3.05, 3.63) is 72.1 Å². The number of hydrogen-bond acceptors (Lipinski definition) is 6. The second-order valence-electron chi connectivity index (χ2n) is 6.35. The minimum absolute atomic E-state index is 0.0819. The van der Waals surface area contributed by atoms with Crippen molar-refractivity contribution < 1.29 is 32.2 Å². The number of halogens is 3. The number of nitrogens with one attached hydrogen (secondary N) is 1. The van der Waals surface area contributed by atoms with Gasteiger partial charge in [0, 0.05) is 17.8 Å². The molecule has 7 nitrogen and oxygen atoms in total. The summed E-state index contributed by atoms with van der Waals surface area (Å²) in [5.41, 5.74) is 4.28. The second-order valence-corrected chi connectivity index (χ2v) is 6.35. The smallest absolute Gasteiger partial charge is 0.497 e. The molecule has 1 heterocycles. The molecule has 0 spiro atoms. The van der Waals surface area contributed by atoms with E-state index in [-0.39, 0.29) is 11.4 Å². The van der Waals surface area contributed by atoms with E-state index in [1.54, 1.807) is 24.3 Å². The molecular weight excluding hydrogens is 427 g/mol. The molecular formula is C22H18F3N3O4. The molecule has 0 unspecified atom stereocenters. The van der Waals surface area contributed by atoms with Gasteiger partial charge in [-0.3, -0.25) is 9.78 Å². The van der Waals surface area contributed by atoms with Gasteiger partial charge in [-0.15, -0.1) is 13.2 Å². The Kier molecular flexibility index (Phi) is 6.93. The van der Waals surface area contributed by atoms with E-state index >= 15 is 0 Å². The zero-order valence-corrected chi connectivity index (χ0v) is 17.0. The van der Waals surface area contributed by atoms with Gasteiger partial charge in [-0.2, -0.15) is 5.10 Å². The fraction of sp³-hybridized carbons (Fsp3) is 0.136. The molecule has 1 amide bonds. The highest BCUT2D eigenvalue weighted by atomic mass is 19.4. The van der Waals surface area contributed by atoms with E-state index < -0.39 is 12.3 Å². The second kappa shape index (κ2) is 9.82. The van der Waals surface area contributed by atoms with E-state index in [1.165, 1.54) is 57.0 Å². The van der Waals surface area contributed by atoms with Crippen LogP contribution in [0, 0.1) is 0 Å². The van der Waals surface area contributed by atoms with Crippen molar-refractivity contribution in [2.24, 2.45) is 5.10 Å². The van der Waals surface area contributed by atoms with Gasteiger partial charge in [0.25, 0.3) is 5.91 Å².